The van der Waals surface area contributed by atoms with Crippen LogP contribution in [0.15, 0.2) is 25.3 Å². The summed E-state index contributed by atoms with van der Waals surface area (Å²) >= 11 is 4.71. The Labute approximate surface area is 166 Å². The van der Waals surface area contributed by atoms with Gasteiger partial charge in [-0.3, -0.25) is 9.59 Å². The van der Waals surface area contributed by atoms with Crippen molar-refractivity contribution in [2.24, 2.45) is 5.73 Å². The molecule has 0 aliphatic rings. The Kier molecular flexibility index (Phi) is 32.5. The number of nitrogens with zero attached hydrogens (tertiary/aromatic N) is 2. The molecule has 0 aromatic rings. The van der Waals surface area contributed by atoms with Gasteiger partial charge in [0, 0.05) is 26.2 Å². The molecule has 3 N–H and O–H groups in total. The molecular formula is C19H41ClN4O2. The molecule has 0 unspecified atom stereocenters. The zero-order valence-corrected chi connectivity index (χ0v) is 17.1. The molecule has 156 valence electrons. The summed E-state index contributed by atoms with van der Waals surface area (Å²) in [7, 11) is 0. The van der Waals surface area contributed by atoms with Crippen LogP contribution in [-0.4, -0.2) is 73.3 Å². The van der Waals surface area contributed by atoms with Gasteiger partial charge < -0.3 is 20.9 Å². The van der Waals surface area contributed by atoms with E-state index in [-0.39, 0.29) is 13.3 Å². The molecule has 0 aliphatic heterocycles. The van der Waals surface area contributed by atoms with E-state index in [4.69, 9.17) is 17.3 Å². The second-order valence-corrected chi connectivity index (χ2v) is 5.22. The first kappa shape index (κ1) is 32.5. The molecule has 0 aromatic heterocycles. The predicted molar refractivity (Wildman–Crippen MR) is 116 cm³/mol. The van der Waals surface area contributed by atoms with Crippen molar-refractivity contribution in [2.75, 3.05) is 52.4 Å². The van der Waals surface area contributed by atoms with Gasteiger partial charge in [-0.15, -0.1) is 0 Å². The maximum atomic E-state index is 10.7. The fraction of sp³-hybridized carbons (Fsp3) is 0.684. The van der Waals surface area contributed by atoms with E-state index in [1.807, 2.05) is 0 Å². The van der Waals surface area contributed by atoms with Crippen LogP contribution in [0.25, 0.3) is 0 Å². The van der Waals surface area contributed by atoms with Crippen molar-refractivity contribution in [3.05, 3.63) is 25.3 Å². The fourth-order valence-corrected chi connectivity index (χ4v) is 1.67. The van der Waals surface area contributed by atoms with Gasteiger partial charge in [0.15, 0.2) is 0 Å². The van der Waals surface area contributed by atoms with E-state index < -0.39 is 5.24 Å². The summed E-state index contributed by atoms with van der Waals surface area (Å²) in [6.07, 6.45) is 2.34. The van der Waals surface area contributed by atoms with Crippen molar-refractivity contribution in [2.45, 2.75) is 35.1 Å². The second kappa shape index (κ2) is 26.0. The summed E-state index contributed by atoms with van der Waals surface area (Å²) in [4.78, 5) is 24.7. The fourth-order valence-electron chi connectivity index (χ4n) is 1.67. The lowest BCUT2D eigenvalue weighted by atomic mass is 10.4. The van der Waals surface area contributed by atoms with E-state index >= 15 is 0 Å². The maximum absolute atomic E-state index is 10.7. The van der Waals surface area contributed by atoms with Gasteiger partial charge in [0.05, 0.1) is 0 Å². The van der Waals surface area contributed by atoms with Crippen molar-refractivity contribution in [3.63, 3.8) is 0 Å². The lowest BCUT2D eigenvalue weighted by Crippen LogP contribution is -2.33. The molecule has 0 atom stereocenters. The lowest BCUT2D eigenvalue weighted by molar-refractivity contribution is -0.116. The Bertz CT molecular complexity index is 344. The van der Waals surface area contributed by atoms with E-state index in [9.17, 15) is 9.59 Å². The van der Waals surface area contributed by atoms with Crippen LogP contribution >= 0.6 is 11.6 Å². The number of hydrogen-bond donors (Lipinski definition) is 2. The summed E-state index contributed by atoms with van der Waals surface area (Å²) < 4.78 is 0. The highest BCUT2D eigenvalue weighted by molar-refractivity contribution is 6.66. The van der Waals surface area contributed by atoms with Gasteiger partial charge in [0.2, 0.25) is 11.1 Å². The lowest BCUT2D eigenvalue weighted by Gasteiger charge is -2.17. The molecule has 0 spiro atoms. The number of hydrogen-bond acceptors (Lipinski definition) is 5. The van der Waals surface area contributed by atoms with E-state index in [2.05, 4.69) is 56.0 Å². The molecule has 0 saturated carbocycles. The minimum Gasteiger partial charge on any atom is -0.351 e. The first-order valence-electron chi connectivity index (χ1n) is 8.73. The molecular weight excluding hydrogens is 352 g/mol. The number of nitrogens with two attached hydrogens (primary N) is 1. The average Bonchev–Trinajstić information content (AvgIpc) is 2.63. The van der Waals surface area contributed by atoms with Crippen LogP contribution in [-0.2, 0) is 9.59 Å². The Balaban J connectivity index is -0.000000150. The van der Waals surface area contributed by atoms with Gasteiger partial charge in [-0.2, -0.15) is 0 Å². The zero-order valence-electron chi connectivity index (χ0n) is 16.4. The normalized spacial score (nSPS) is 9.08. The largest absolute Gasteiger partial charge is 0.351 e. The number of nitrogens with one attached hydrogen (secondary N) is 1. The van der Waals surface area contributed by atoms with Crippen molar-refractivity contribution in [1.29, 1.82) is 0 Å². The smallest absolute Gasteiger partial charge is 0.244 e. The monoisotopic (exact) mass is 392 g/mol. The number of carbonyl (C=O) groups excluding carboxylic acids is 2. The molecule has 0 aliphatic carbocycles. The van der Waals surface area contributed by atoms with E-state index in [0.717, 1.165) is 51.9 Å². The van der Waals surface area contributed by atoms with Gasteiger partial charge >= 0.3 is 0 Å². The van der Waals surface area contributed by atoms with Gasteiger partial charge in [-0.25, -0.2) is 0 Å². The molecule has 0 bridgehead atoms. The van der Waals surface area contributed by atoms with E-state index in [1.165, 1.54) is 6.08 Å². The highest BCUT2D eigenvalue weighted by Gasteiger charge is 1.98. The van der Waals surface area contributed by atoms with Gasteiger partial charge in [0.25, 0.3) is 0 Å². The first-order chi connectivity index (χ1) is 11.9. The van der Waals surface area contributed by atoms with Crippen molar-refractivity contribution < 1.29 is 9.59 Å². The van der Waals surface area contributed by atoms with Crippen molar-refractivity contribution >= 4 is 22.8 Å². The standard InChI is InChI=1S/C9H18N2O.C6H16N2.C3H3ClO.CH4/c1-4-9(12)10-7-8-11(5-2)6-3;1-3-8(4-2)6-5-7;1-2-3(4)5;/h4H,1,5-8H2,2-3H3,(H,10,12);3-7H2,1-2H3;2H,1H2;1H4. The molecule has 7 heteroatoms. The number of allylic oxidation sites excluding steroid dienone is 1. The van der Waals surface area contributed by atoms with Crippen LogP contribution in [0, 0.1) is 0 Å². The van der Waals surface area contributed by atoms with E-state index in [1.54, 1.807) is 0 Å². The Hall–Kier alpha value is -1.21. The van der Waals surface area contributed by atoms with Crippen molar-refractivity contribution in [3.8, 4) is 0 Å². The molecule has 1 amide bonds. The Morgan fingerprint density at radius 1 is 0.962 bits per heavy atom. The quantitative estimate of drug-likeness (QED) is 0.417. The van der Waals surface area contributed by atoms with E-state index in [0.29, 0.717) is 6.54 Å². The highest BCUT2D eigenvalue weighted by atomic mass is 35.5. The molecule has 6 nitrogen and oxygen atoms in total. The highest BCUT2D eigenvalue weighted by Crippen LogP contribution is 1.84. The molecule has 0 fully saturated rings. The summed E-state index contributed by atoms with van der Waals surface area (Å²) in [6.45, 7) is 22.7. The van der Waals surface area contributed by atoms with Crippen molar-refractivity contribution in [1.82, 2.24) is 15.1 Å². The summed E-state index contributed by atoms with van der Waals surface area (Å²) in [5, 5.41) is 2.22. The summed E-state index contributed by atoms with van der Waals surface area (Å²) in [5.41, 5.74) is 5.34. The summed E-state index contributed by atoms with van der Waals surface area (Å²) in [6, 6.07) is 0. The Morgan fingerprint density at radius 3 is 1.58 bits per heavy atom. The molecule has 0 heterocycles. The third-order valence-corrected chi connectivity index (χ3v) is 3.46. The molecule has 0 radical (unpaired) electrons. The number of carbonyl (C=O) groups is 2. The number of likely N-dealkylation sites (N-methyl/N-ethyl adjacent to an activating group) is 2. The third kappa shape index (κ3) is 27.6. The van der Waals surface area contributed by atoms with Crippen LogP contribution in [0.5, 0.6) is 0 Å². The first-order valence-corrected chi connectivity index (χ1v) is 9.11. The van der Waals surface area contributed by atoms with Gasteiger partial charge in [-0.1, -0.05) is 48.3 Å². The molecule has 26 heavy (non-hydrogen) atoms. The van der Waals surface area contributed by atoms with Crippen LogP contribution in [0.1, 0.15) is 35.1 Å². The molecule has 0 rings (SSSR count). The molecule has 0 aromatic carbocycles. The van der Waals surface area contributed by atoms with Crippen LogP contribution in [0.4, 0.5) is 0 Å². The third-order valence-electron chi connectivity index (χ3n) is 3.31. The topological polar surface area (TPSA) is 78.7 Å². The zero-order chi connectivity index (χ0) is 20.1. The SMILES string of the molecule is C.C=CC(=O)Cl.C=CC(=O)NCCN(CC)CC.CCN(CC)CCN. The van der Waals surface area contributed by atoms with Crippen LogP contribution < -0.4 is 11.1 Å². The Morgan fingerprint density at radius 2 is 1.35 bits per heavy atom. The second-order valence-electron chi connectivity index (χ2n) is 4.85. The number of halogens is 1. The minimum atomic E-state index is -0.509. The van der Waals surface area contributed by atoms with Gasteiger partial charge in [0.1, 0.15) is 0 Å². The maximum Gasteiger partial charge on any atom is 0.244 e. The van der Waals surface area contributed by atoms with Gasteiger partial charge in [-0.05, 0) is 49.9 Å². The minimum absolute atomic E-state index is 0. The molecule has 0 saturated heterocycles. The predicted octanol–water partition coefficient (Wildman–Crippen LogP) is 2.49. The average molecular weight is 393 g/mol. The number of rotatable bonds is 11. The summed E-state index contributed by atoms with van der Waals surface area (Å²) in [5.74, 6) is -0.0952. The number of amides is 1. The van der Waals surface area contributed by atoms with Crippen LogP contribution in [0.2, 0.25) is 0 Å². The van der Waals surface area contributed by atoms with Crippen LogP contribution in [0.3, 0.4) is 0 Å².